The second-order valence-electron chi connectivity index (χ2n) is 5.84. The predicted octanol–water partition coefficient (Wildman–Crippen LogP) is 3.33. The third-order valence-corrected chi connectivity index (χ3v) is 4.54. The first kappa shape index (κ1) is 16.7. The highest BCUT2D eigenvalue weighted by atomic mass is 35.5. The van der Waals surface area contributed by atoms with Crippen molar-refractivity contribution in [2.24, 2.45) is 0 Å². The quantitative estimate of drug-likeness (QED) is 0.776. The number of amides is 2. The number of carbonyl (C=O) groups excluding carboxylic acids is 1. The molecule has 1 fully saturated rings. The van der Waals surface area contributed by atoms with Crippen molar-refractivity contribution < 1.29 is 14.3 Å². The zero-order valence-electron chi connectivity index (χ0n) is 12.9. The van der Waals surface area contributed by atoms with E-state index >= 15 is 0 Å². The Hall–Kier alpha value is -2.11. The number of benzene rings is 2. The molecular formula is C18H18ClFN2O2. The van der Waals surface area contributed by atoms with E-state index in [-0.39, 0.29) is 30.4 Å². The summed E-state index contributed by atoms with van der Waals surface area (Å²) in [5, 5.41) is 15.3. The van der Waals surface area contributed by atoms with Gasteiger partial charge in [-0.3, -0.25) is 0 Å². The van der Waals surface area contributed by atoms with Crippen molar-refractivity contribution in [3.63, 3.8) is 0 Å². The molecule has 3 rings (SSSR count). The third-order valence-electron chi connectivity index (χ3n) is 4.21. The Morgan fingerprint density at radius 2 is 1.96 bits per heavy atom. The van der Waals surface area contributed by atoms with Crippen LogP contribution in [0.3, 0.4) is 0 Å². The molecule has 0 bridgehead atoms. The van der Waals surface area contributed by atoms with Crippen LogP contribution in [0.25, 0.3) is 0 Å². The van der Waals surface area contributed by atoms with Gasteiger partial charge in [0.25, 0.3) is 0 Å². The van der Waals surface area contributed by atoms with Gasteiger partial charge in [-0.2, -0.15) is 0 Å². The zero-order chi connectivity index (χ0) is 17.1. The summed E-state index contributed by atoms with van der Waals surface area (Å²) in [5.74, 6) is -0.428. The van der Waals surface area contributed by atoms with Crippen LogP contribution in [0.4, 0.5) is 9.18 Å². The number of hydrogen-bond donors (Lipinski definition) is 3. The van der Waals surface area contributed by atoms with E-state index in [0.29, 0.717) is 23.6 Å². The summed E-state index contributed by atoms with van der Waals surface area (Å²) in [7, 11) is 0. The highest BCUT2D eigenvalue weighted by molar-refractivity contribution is 6.31. The van der Waals surface area contributed by atoms with Crippen molar-refractivity contribution >= 4 is 17.6 Å². The van der Waals surface area contributed by atoms with Crippen LogP contribution in [0.5, 0.6) is 0 Å². The molecule has 2 atom stereocenters. The van der Waals surface area contributed by atoms with E-state index in [1.807, 2.05) is 24.3 Å². The van der Waals surface area contributed by atoms with Crippen LogP contribution in [0.1, 0.15) is 29.0 Å². The Labute approximate surface area is 144 Å². The van der Waals surface area contributed by atoms with E-state index < -0.39 is 0 Å². The maximum absolute atomic E-state index is 13.9. The molecule has 0 radical (unpaired) electrons. The highest BCUT2D eigenvalue weighted by Gasteiger charge is 2.42. The molecule has 4 nitrogen and oxygen atoms in total. The first-order chi connectivity index (χ1) is 11.6. The number of urea groups is 1. The molecule has 126 valence electrons. The Bertz CT molecular complexity index is 733. The lowest BCUT2D eigenvalue weighted by Crippen LogP contribution is -2.37. The monoisotopic (exact) mass is 348 g/mol. The molecule has 2 aromatic rings. The summed E-state index contributed by atoms with van der Waals surface area (Å²) in [5.41, 5.74) is 2.11. The standard InChI is InChI=1S/C18H18ClFN2O2/c19-14-6-3-7-15(20)17(14)13-8-16(13)22-18(24)21-9-11-4-1-2-5-12(11)10-23/h1-7,13,16,23H,8-10H2,(H2,21,22,24). The average molecular weight is 349 g/mol. The van der Waals surface area contributed by atoms with Gasteiger partial charge in [-0.1, -0.05) is 41.9 Å². The fourth-order valence-electron chi connectivity index (χ4n) is 2.82. The number of hydrogen-bond acceptors (Lipinski definition) is 2. The van der Waals surface area contributed by atoms with Gasteiger partial charge < -0.3 is 15.7 Å². The Kier molecular flexibility index (Phi) is 5.02. The lowest BCUT2D eigenvalue weighted by molar-refractivity contribution is 0.239. The lowest BCUT2D eigenvalue weighted by Gasteiger charge is -2.10. The molecule has 0 heterocycles. The van der Waals surface area contributed by atoms with Crippen molar-refractivity contribution in [2.75, 3.05) is 0 Å². The van der Waals surface area contributed by atoms with Crippen LogP contribution in [0.2, 0.25) is 5.02 Å². The van der Waals surface area contributed by atoms with Crippen molar-refractivity contribution in [3.8, 4) is 0 Å². The Morgan fingerprint density at radius 1 is 1.21 bits per heavy atom. The maximum Gasteiger partial charge on any atom is 0.315 e. The molecule has 0 aromatic heterocycles. The largest absolute Gasteiger partial charge is 0.392 e. The molecule has 1 saturated carbocycles. The number of nitrogens with one attached hydrogen (secondary N) is 2. The molecular weight excluding hydrogens is 331 g/mol. The lowest BCUT2D eigenvalue weighted by atomic mass is 10.1. The first-order valence-electron chi connectivity index (χ1n) is 7.76. The SMILES string of the molecule is O=C(NCc1ccccc1CO)NC1CC1c1c(F)cccc1Cl. The van der Waals surface area contributed by atoms with Crippen LogP contribution in [0, 0.1) is 5.82 Å². The molecule has 24 heavy (non-hydrogen) atoms. The van der Waals surface area contributed by atoms with E-state index in [1.165, 1.54) is 6.07 Å². The van der Waals surface area contributed by atoms with Crippen molar-refractivity contribution in [2.45, 2.75) is 31.5 Å². The van der Waals surface area contributed by atoms with Crippen LogP contribution in [0.15, 0.2) is 42.5 Å². The fraction of sp³-hybridized carbons (Fsp3) is 0.278. The van der Waals surface area contributed by atoms with Crippen LogP contribution in [-0.2, 0) is 13.2 Å². The topological polar surface area (TPSA) is 61.4 Å². The summed E-state index contributed by atoms with van der Waals surface area (Å²) >= 11 is 6.05. The summed E-state index contributed by atoms with van der Waals surface area (Å²) in [6, 6.07) is 11.5. The van der Waals surface area contributed by atoms with Gasteiger partial charge >= 0.3 is 6.03 Å². The summed E-state index contributed by atoms with van der Waals surface area (Å²) in [4.78, 5) is 12.0. The Balaban J connectivity index is 1.54. The van der Waals surface area contributed by atoms with Gasteiger partial charge in [-0.25, -0.2) is 9.18 Å². The number of aliphatic hydroxyl groups is 1. The van der Waals surface area contributed by atoms with E-state index in [4.69, 9.17) is 11.6 Å². The van der Waals surface area contributed by atoms with Crippen molar-refractivity contribution in [3.05, 3.63) is 70.0 Å². The summed E-state index contributed by atoms with van der Waals surface area (Å²) < 4.78 is 13.9. The Morgan fingerprint density at radius 3 is 2.67 bits per heavy atom. The third kappa shape index (κ3) is 3.68. The highest BCUT2D eigenvalue weighted by Crippen LogP contribution is 2.44. The van der Waals surface area contributed by atoms with Gasteiger partial charge in [0.05, 0.1) is 6.61 Å². The van der Waals surface area contributed by atoms with Crippen molar-refractivity contribution in [1.29, 1.82) is 0 Å². The van der Waals surface area contributed by atoms with Gasteiger partial charge in [0.1, 0.15) is 5.82 Å². The second-order valence-corrected chi connectivity index (χ2v) is 6.25. The van der Waals surface area contributed by atoms with Crippen LogP contribution < -0.4 is 10.6 Å². The summed E-state index contributed by atoms with van der Waals surface area (Å²) in [6.07, 6.45) is 0.668. The van der Waals surface area contributed by atoms with E-state index in [2.05, 4.69) is 10.6 Å². The molecule has 0 aliphatic heterocycles. The minimum absolute atomic E-state index is 0.0735. The normalized spacial score (nSPS) is 19.0. The molecule has 0 spiro atoms. The number of carbonyl (C=O) groups is 1. The zero-order valence-corrected chi connectivity index (χ0v) is 13.7. The summed E-state index contributed by atoms with van der Waals surface area (Å²) in [6.45, 7) is 0.246. The van der Waals surface area contributed by atoms with E-state index in [1.54, 1.807) is 12.1 Å². The number of halogens is 2. The number of rotatable bonds is 5. The van der Waals surface area contributed by atoms with E-state index in [9.17, 15) is 14.3 Å². The second kappa shape index (κ2) is 7.20. The molecule has 2 unspecified atom stereocenters. The minimum Gasteiger partial charge on any atom is -0.392 e. The van der Waals surface area contributed by atoms with Gasteiger partial charge in [-0.15, -0.1) is 0 Å². The van der Waals surface area contributed by atoms with Gasteiger partial charge in [0.15, 0.2) is 0 Å². The molecule has 3 N–H and O–H groups in total. The van der Waals surface area contributed by atoms with Gasteiger partial charge in [0.2, 0.25) is 0 Å². The van der Waals surface area contributed by atoms with E-state index in [0.717, 1.165) is 11.1 Å². The number of aliphatic hydroxyl groups excluding tert-OH is 1. The van der Waals surface area contributed by atoms with Crippen LogP contribution in [-0.4, -0.2) is 17.2 Å². The molecule has 2 amide bonds. The maximum atomic E-state index is 13.9. The van der Waals surface area contributed by atoms with Gasteiger partial charge in [0, 0.05) is 29.1 Å². The molecule has 0 saturated heterocycles. The smallest absolute Gasteiger partial charge is 0.315 e. The molecule has 6 heteroatoms. The predicted molar refractivity (Wildman–Crippen MR) is 90.3 cm³/mol. The van der Waals surface area contributed by atoms with Crippen LogP contribution >= 0.6 is 11.6 Å². The van der Waals surface area contributed by atoms with Gasteiger partial charge in [-0.05, 0) is 29.7 Å². The van der Waals surface area contributed by atoms with Crippen molar-refractivity contribution in [1.82, 2.24) is 10.6 Å². The molecule has 1 aliphatic carbocycles. The molecule has 2 aromatic carbocycles. The molecule has 1 aliphatic rings. The first-order valence-corrected chi connectivity index (χ1v) is 8.14. The minimum atomic E-state index is -0.339. The average Bonchev–Trinajstić information content (AvgIpc) is 3.31. The fourth-order valence-corrected chi connectivity index (χ4v) is 3.12.